The van der Waals surface area contributed by atoms with Crippen LogP contribution in [0.15, 0.2) is 53.5 Å². The highest BCUT2D eigenvalue weighted by atomic mass is 35.5. The number of guanidine groups is 1. The second-order valence-electron chi connectivity index (χ2n) is 5.58. The summed E-state index contributed by atoms with van der Waals surface area (Å²) in [5, 5.41) is 0.733. The van der Waals surface area contributed by atoms with Gasteiger partial charge in [0.25, 0.3) is 0 Å². The lowest BCUT2D eigenvalue weighted by molar-refractivity contribution is 0.532. The predicted octanol–water partition coefficient (Wildman–Crippen LogP) is 3.70. The van der Waals surface area contributed by atoms with Gasteiger partial charge < -0.3 is 10.6 Å². The van der Waals surface area contributed by atoms with Crippen molar-refractivity contribution in [1.29, 1.82) is 0 Å². The van der Waals surface area contributed by atoms with Gasteiger partial charge in [-0.3, -0.25) is 4.99 Å². The van der Waals surface area contributed by atoms with Crippen LogP contribution in [-0.2, 0) is 5.54 Å². The summed E-state index contributed by atoms with van der Waals surface area (Å²) in [7, 11) is 0. The molecule has 0 amide bonds. The topological polar surface area (TPSA) is 41.6 Å². The van der Waals surface area contributed by atoms with Gasteiger partial charge in [-0.1, -0.05) is 41.9 Å². The van der Waals surface area contributed by atoms with Crippen molar-refractivity contribution in [3.8, 4) is 0 Å². The van der Waals surface area contributed by atoms with Crippen LogP contribution >= 0.6 is 11.6 Å². The largest absolute Gasteiger partial charge is 0.369 e. The molecule has 2 aromatic rings. The third kappa shape index (κ3) is 2.28. The Hall–Kier alpha value is -2.00. The van der Waals surface area contributed by atoms with Gasteiger partial charge in [0, 0.05) is 10.7 Å². The Kier molecular flexibility index (Phi) is 3.38. The number of rotatable bonds is 2. The number of nitrogens with zero attached hydrogens (tertiary/aromatic N) is 2. The van der Waals surface area contributed by atoms with Gasteiger partial charge >= 0.3 is 0 Å². The molecule has 0 fully saturated rings. The van der Waals surface area contributed by atoms with E-state index in [0.717, 1.165) is 16.3 Å². The lowest BCUT2D eigenvalue weighted by atomic mass is 9.90. The molecule has 3 rings (SSSR count). The van der Waals surface area contributed by atoms with Crippen LogP contribution in [0.25, 0.3) is 0 Å². The maximum Gasteiger partial charge on any atom is 0.196 e. The van der Waals surface area contributed by atoms with E-state index in [1.807, 2.05) is 36.4 Å². The number of anilines is 1. The van der Waals surface area contributed by atoms with Crippen molar-refractivity contribution in [3.05, 3.63) is 64.7 Å². The molecule has 0 saturated carbocycles. The number of aryl methyl sites for hydroxylation is 1. The minimum absolute atomic E-state index is 0.291. The van der Waals surface area contributed by atoms with E-state index >= 15 is 0 Å². The SMILES string of the molecule is Cc1ccccc1N1C(N)=NCC1(C)c1ccc(Cl)cc1. The number of para-hydroxylation sites is 1. The summed E-state index contributed by atoms with van der Waals surface area (Å²) in [6, 6.07) is 16.1. The smallest absolute Gasteiger partial charge is 0.196 e. The molecule has 0 spiro atoms. The first-order chi connectivity index (χ1) is 10.0. The standard InChI is InChI=1S/C17H18ClN3/c1-12-5-3-4-6-15(12)21-16(19)20-11-17(21,2)13-7-9-14(18)10-8-13/h3-10H,11H2,1-2H3,(H2,19,20). The first kappa shape index (κ1) is 14.0. The fourth-order valence-corrected chi connectivity index (χ4v) is 2.99. The lowest BCUT2D eigenvalue weighted by Gasteiger charge is -2.37. The fourth-order valence-electron chi connectivity index (χ4n) is 2.86. The average molecular weight is 300 g/mol. The summed E-state index contributed by atoms with van der Waals surface area (Å²) >= 11 is 6.00. The van der Waals surface area contributed by atoms with Gasteiger partial charge in [-0.25, -0.2) is 0 Å². The van der Waals surface area contributed by atoms with Crippen molar-refractivity contribution >= 4 is 23.2 Å². The maximum atomic E-state index is 6.17. The molecule has 108 valence electrons. The van der Waals surface area contributed by atoms with E-state index in [9.17, 15) is 0 Å². The Labute approximate surface area is 130 Å². The Morgan fingerprint density at radius 3 is 2.48 bits per heavy atom. The number of nitrogens with two attached hydrogens (primary N) is 1. The lowest BCUT2D eigenvalue weighted by Crippen LogP contribution is -2.48. The van der Waals surface area contributed by atoms with Crippen LogP contribution in [-0.4, -0.2) is 12.5 Å². The normalized spacial score (nSPS) is 21.5. The zero-order valence-electron chi connectivity index (χ0n) is 12.2. The Morgan fingerprint density at radius 1 is 1.14 bits per heavy atom. The molecular weight excluding hydrogens is 282 g/mol. The molecule has 1 atom stereocenters. The summed E-state index contributed by atoms with van der Waals surface area (Å²) in [6.45, 7) is 4.88. The minimum atomic E-state index is -0.291. The fraction of sp³-hybridized carbons (Fsp3) is 0.235. The van der Waals surface area contributed by atoms with Crippen LogP contribution in [0.2, 0.25) is 5.02 Å². The van der Waals surface area contributed by atoms with Crippen LogP contribution in [0.3, 0.4) is 0 Å². The first-order valence-electron chi connectivity index (χ1n) is 6.94. The first-order valence-corrected chi connectivity index (χ1v) is 7.32. The van der Waals surface area contributed by atoms with Crippen LogP contribution in [0, 0.1) is 6.92 Å². The Morgan fingerprint density at radius 2 is 1.81 bits per heavy atom. The van der Waals surface area contributed by atoms with Crippen LogP contribution in [0.4, 0.5) is 5.69 Å². The summed E-state index contributed by atoms with van der Waals surface area (Å²) in [4.78, 5) is 6.59. The molecule has 21 heavy (non-hydrogen) atoms. The molecule has 0 radical (unpaired) electrons. The third-order valence-electron chi connectivity index (χ3n) is 4.09. The molecule has 1 unspecified atom stereocenters. The second kappa shape index (κ2) is 5.08. The van der Waals surface area contributed by atoms with E-state index in [4.69, 9.17) is 17.3 Å². The van der Waals surface area contributed by atoms with E-state index in [1.54, 1.807) is 0 Å². The highest BCUT2D eigenvalue weighted by Crippen LogP contribution is 2.38. The van der Waals surface area contributed by atoms with Gasteiger partial charge in [-0.05, 0) is 43.2 Å². The van der Waals surface area contributed by atoms with Crippen LogP contribution in [0.1, 0.15) is 18.1 Å². The molecule has 2 N–H and O–H groups in total. The number of hydrogen-bond donors (Lipinski definition) is 1. The zero-order chi connectivity index (χ0) is 15.0. The van der Waals surface area contributed by atoms with Gasteiger partial charge in [0.2, 0.25) is 0 Å². The van der Waals surface area contributed by atoms with Gasteiger partial charge in [0.15, 0.2) is 5.96 Å². The Bertz CT molecular complexity index is 693. The monoisotopic (exact) mass is 299 g/mol. The highest BCUT2D eigenvalue weighted by Gasteiger charge is 2.40. The number of benzene rings is 2. The summed E-state index contributed by atoms with van der Waals surface area (Å²) in [6.07, 6.45) is 0. The van der Waals surface area contributed by atoms with Crippen LogP contribution < -0.4 is 10.6 Å². The predicted molar refractivity (Wildman–Crippen MR) is 89.0 cm³/mol. The van der Waals surface area contributed by atoms with Gasteiger partial charge in [-0.2, -0.15) is 0 Å². The van der Waals surface area contributed by atoms with Gasteiger partial charge in [0.1, 0.15) is 0 Å². The zero-order valence-corrected chi connectivity index (χ0v) is 12.9. The number of halogens is 1. The molecule has 0 aromatic heterocycles. The summed E-state index contributed by atoms with van der Waals surface area (Å²) < 4.78 is 0. The summed E-state index contributed by atoms with van der Waals surface area (Å²) in [5.74, 6) is 0.557. The van der Waals surface area contributed by atoms with Crippen molar-refractivity contribution in [2.24, 2.45) is 10.7 Å². The highest BCUT2D eigenvalue weighted by molar-refractivity contribution is 6.30. The van der Waals surface area contributed by atoms with Crippen molar-refractivity contribution in [1.82, 2.24) is 0 Å². The number of aliphatic imine (C=N–C) groups is 1. The van der Waals surface area contributed by atoms with Crippen LogP contribution in [0.5, 0.6) is 0 Å². The molecule has 3 nitrogen and oxygen atoms in total. The maximum absolute atomic E-state index is 6.17. The van der Waals surface area contributed by atoms with E-state index in [-0.39, 0.29) is 5.54 Å². The molecule has 1 heterocycles. The second-order valence-corrected chi connectivity index (χ2v) is 6.01. The molecule has 1 aliphatic heterocycles. The summed E-state index contributed by atoms with van der Waals surface area (Å²) in [5.41, 5.74) is 9.30. The molecule has 0 saturated heterocycles. The van der Waals surface area contributed by atoms with Gasteiger partial charge in [0.05, 0.1) is 12.1 Å². The van der Waals surface area contributed by atoms with Gasteiger partial charge in [-0.15, -0.1) is 0 Å². The van der Waals surface area contributed by atoms with E-state index < -0.39 is 0 Å². The quantitative estimate of drug-likeness (QED) is 0.918. The van der Waals surface area contributed by atoms with Crippen molar-refractivity contribution < 1.29 is 0 Å². The third-order valence-corrected chi connectivity index (χ3v) is 4.35. The van der Waals surface area contributed by atoms with Crippen molar-refractivity contribution in [2.45, 2.75) is 19.4 Å². The molecule has 0 aliphatic carbocycles. The molecule has 4 heteroatoms. The Balaban J connectivity index is 2.10. The van der Waals surface area contributed by atoms with E-state index in [0.29, 0.717) is 12.5 Å². The van der Waals surface area contributed by atoms with E-state index in [2.05, 4.69) is 35.9 Å². The minimum Gasteiger partial charge on any atom is -0.369 e. The average Bonchev–Trinajstić information content (AvgIpc) is 2.77. The number of hydrogen-bond acceptors (Lipinski definition) is 3. The van der Waals surface area contributed by atoms with Crippen molar-refractivity contribution in [2.75, 3.05) is 11.4 Å². The molecular formula is C17H18ClN3. The molecule has 0 bridgehead atoms. The molecule has 1 aliphatic rings. The van der Waals surface area contributed by atoms with E-state index in [1.165, 1.54) is 5.56 Å². The van der Waals surface area contributed by atoms with Crippen molar-refractivity contribution in [3.63, 3.8) is 0 Å². The molecule has 2 aromatic carbocycles.